The maximum atomic E-state index is 2.48. The number of benzene rings is 11. The zero-order valence-electron chi connectivity index (χ0n) is 33.9. The van der Waals surface area contributed by atoms with Gasteiger partial charge >= 0.3 is 0 Å². The van der Waals surface area contributed by atoms with Crippen LogP contribution in [-0.4, -0.2) is 0 Å². The molecule has 11 aromatic carbocycles. The lowest BCUT2D eigenvalue weighted by Crippen LogP contribution is -2.11. The SMILES string of the molecule is c1ccc(-c2ccc(N(c3ccc(-c4ccc5cc(-c6ccc7ccccc7c6)ccc5c4)cc3)c3cccc4c3sc3ccc5ccccc5c34)c(-c3ccccc3)c2)cc1. The van der Waals surface area contributed by atoms with Crippen LogP contribution in [0.4, 0.5) is 17.1 Å². The largest absolute Gasteiger partial charge is 0.308 e. The number of hydrogen-bond donors (Lipinski definition) is 0. The zero-order valence-corrected chi connectivity index (χ0v) is 34.7. The van der Waals surface area contributed by atoms with Gasteiger partial charge in [-0.05, 0) is 126 Å². The third-order valence-corrected chi connectivity index (χ3v) is 13.6. The Hall–Kier alpha value is -7.78. The molecule has 0 amide bonds. The number of fused-ring (bicyclic) bond motifs is 7. The summed E-state index contributed by atoms with van der Waals surface area (Å²) in [5.41, 5.74) is 13.0. The molecule has 1 aromatic heterocycles. The highest BCUT2D eigenvalue weighted by Gasteiger charge is 2.22. The van der Waals surface area contributed by atoms with E-state index in [0.717, 1.165) is 17.1 Å². The zero-order chi connectivity index (χ0) is 41.0. The monoisotopic (exact) mass is 805 g/mol. The van der Waals surface area contributed by atoms with E-state index >= 15 is 0 Å². The summed E-state index contributed by atoms with van der Waals surface area (Å²) in [7, 11) is 0. The second kappa shape index (κ2) is 15.0. The van der Waals surface area contributed by atoms with Gasteiger partial charge in [0.25, 0.3) is 0 Å². The predicted molar refractivity (Wildman–Crippen MR) is 268 cm³/mol. The fraction of sp³-hybridized carbons (Fsp3) is 0. The Bertz CT molecular complexity index is 3620. The fourth-order valence-corrected chi connectivity index (χ4v) is 10.5. The summed E-state index contributed by atoms with van der Waals surface area (Å²) in [5, 5.41) is 10.1. The van der Waals surface area contributed by atoms with Crippen LogP contribution in [0.5, 0.6) is 0 Å². The first-order valence-electron chi connectivity index (χ1n) is 21.2. The van der Waals surface area contributed by atoms with Crippen molar-refractivity contribution in [2.24, 2.45) is 0 Å². The van der Waals surface area contributed by atoms with Gasteiger partial charge in [-0.3, -0.25) is 0 Å². The van der Waals surface area contributed by atoms with Crippen LogP contribution < -0.4 is 4.90 Å². The Morgan fingerprint density at radius 3 is 1.52 bits per heavy atom. The normalized spacial score (nSPS) is 11.5. The topological polar surface area (TPSA) is 3.24 Å². The quantitative estimate of drug-likeness (QED) is 0.155. The summed E-state index contributed by atoms with van der Waals surface area (Å²) in [6.45, 7) is 0. The molecular weight excluding hydrogens is 767 g/mol. The summed E-state index contributed by atoms with van der Waals surface area (Å²) >= 11 is 1.88. The third kappa shape index (κ3) is 6.32. The first kappa shape index (κ1) is 36.1. The highest BCUT2D eigenvalue weighted by Crippen LogP contribution is 2.49. The van der Waals surface area contributed by atoms with Crippen LogP contribution in [0.1, 0.15) is 0 Å². The van der Waals surface area contributed by atoms with Crippen LogP contribution in [-0.2, 0) is 0 Å². The molecule has 0 unspecified atom stereocenters. The van der Waals surface area contributed by atoms with Crippen molar-refractivity contribution in [1.29, 1.82) is 0 Å². The molecule has 2 heteroatoms. The maximum Gasteiger partial charge on any atom is 0.0640 e. The van der Waals surface area contributed by atoms with Gasteiger partial charge in [0, 0.05) is 26.7 Å². The molecule has 0 aliphatic carbocycles. The molecule has 0 atom stereocenters. The number of thiophene rings is 1. The first-order chi connectivity index (χ1) is 30.7. The van der Waals surface area contributed by atoms with Gasteiger partial charge in [-0.2, -0.15) is 0 Å². The van der Waals surface area contributed by atoms with E-state index in [0.29, 0.717) is 0 Å². The van der Waals surface area contributed by atoms with Gasteiger partial charge in [0.2, 0.25) is 0 Å². The molecule has 62 heavy (non-hydrogen) atoms. The molecule has 0 bridgehead atoms. The average molecular weight is 806 g/mol. The Labute approximate surface area is 365 Å². The number of rotatable bonds is 7. The molecule has 0 radical (unpaired) electrons. The van der Waals surface area contributed by atoms with E-state index in [1.807, 2.05) is 11.3 Å². The van der Waals surface area contributed by atoms with Crippen molar-refractivity contribution in [3.8, 4) is 44.5 Å². The summed E-state index contributed by atoms with van der Waals surface area (Å²) in [4.78, 5) is 2.48. The van der Waals surface area contributed by atoms with Crippen molar-refractivity contribution >= 4 is 80.9 Å². The fourth-order valence-electron chi connectivity index (χ4n) is 9.30. The van der Waals surface area contributed by atoms with Crippen molar-refractivity contribution in [3.63, 3.8) is 0 Å². The van der Waals surface area contributed by atoms with E-state index < -0.39 is 0 Å². The van der Waals surface area contributed by atoms with E-state index in [1.165, 1.54) is 97.0 Å². The van der Waals surface area contributed by atoms with Crippen molar-refractivity contribution in [1.82, 2.24) is 0 Å². The van der Waals surface area contributed by atoms with Crippen LogP contribution in [0.2, 0.25) is 0 Å². The van der Waals surface area contributed by atoms with Crippen molar-refractivity contribution in [3.05, 3.63) is 237 Å². The Morgan fingerprint density at radius 2 is 0.790 bits per heavy atom. The van der Waals surface area contributed by atoms with Crippen LogP contribution >= 0.6 is 11.3 Å². The lowest BCUT2D eigenvalue weighted by molar-refractivity contribution is 1.30. The van der Waals surface area contributed by atoms with Crippen molar-refractivity contribution in [2.75, 3.05) is 4.90 Å². The molecule has 290 valence electrons. The molecule has 0 N–H and O–H groups in total. The minimum atomic E-state index is 1.11. The molecule has 1 nitrogen and oxygen atoms in total. The number of hydrogen-bond acceptors (Lipinski definition) is 2. The molecule has 0 fully saturated rings. The van der Waals surface area contributed by atoms with Gasteiger partial charge in [-0.15, -0.1) is 11.3 Å². The number of nitrogens with zero attached hydrogens (tertiary/aromatic N) is 1. The highest BCUT2D eigenvalue weighted by molar-refractivity contribution is 7.26. The molecule has 1 heterocycles. The molecule has 0 aliphatic heterocycles. The van der Waals surface area contributed by atoms with E-state index in [1.54, 1.807) is 0 Å². The molecule has 12 aromatic rings. The maximum absolute atomic E-state index is 2.48. The van der Waals surface area contributed by atoms with Gasteiger partial charge in [0.15, 0.2) is 0 Å². The van der Waals surface area contributed by atoms with E-state index in [9.17, 15) is 0 Å². The standard InChI is InChI=1S/C60H39NS/c1-3-12-40(13-4-1)51-30-34-56(55(39-51)43-15-5-2-6-16-43)61(57-21-11-20-54-59-53-19-10-9-17-44(53)31-35-58(59)62-60(54)57)52-32-28-42(29-33-52)46-24-25-49-38-50(27-26-48(49)37-46)47-23-22-41-14-7-8-18-45(41)36-47/h1-39H. The Kier molecular flexibility index (Phi) is 8.76. The lowest BCUT2D eigenvalue weighted by Gasteiger charge is -2.29. The minimum absolute atomic E-state index is 1.11. The third-order valence-electron chi connectivity index (χ3n) is 12.4. The van der Waals surface area contributed by atoms with Crippen LogP contribution in [0.25, 0.3) is 97.0 Å². The van der Waals surface area contributed by atoms with Gasteiger partial charge < -0.3 is 4.90 Å². The summed E-state index contributed by atoms with van der Waals surface area (Å²) in [6, 6.07) is 86.8. The van der Waals surface area contributed by atoms with Crippen LogP contribution in [0, 0.1) is 0 Å². The second-order valence-electron chi connectivity index (χ2n) is 16.1. The van der Waals surface area contributed by atoms with E-state index in [-0.39, 0.29) is 0 Å². The molecule has 0 aliphatic rings. The Balaban J connectivity index is 0.996. The predicted octanol–water partition coefficient (Wildman–Crippen LogP) is 17.7. The average Bonchev–Trinajstić information content (AvgIpc) is 3.75. The van der Waals surface area contributed by atoms with Gasteiger partial charge in [0.1, 0.15) is 0 Å². The molecule has 0 saturated carbocycles. The summed E-state index contributed by atoms with van der Waals surface area (Å²) < 4.78 is 2.57. The van der Waals surface area contributed by atoms with Gasteiger partial charge in [0.05, 0.1) is 16.1 Å². The van der Waals surface area contributed by atoms with Gasteiger partial charge in [-0.1, -0.05) is 182 Å². The molecule has 0 spiro atoms. The minimum Gasteiger partial charge on any atom is -0.308 e. The molecular formula is C60H39NS. The highest BCUT2D eigenvalue weighted by atomic mass is 32.1. The first-order valence-corrected chi connectivity index (χ1v) is 22.0. The van der Waals surface area contributed by atoms with Gasteiger partial charge in [-0.25, -0.2) is 0 Å². The van der Waals surface area contributed by atoms with Crippen LogP contribution in [0.15, 0.2) is 237 Å². The van der Waals surface area contributed by atoms with E-state index in [2.05, 4.69) is 241 Å². The molecule has 0 saturated heterocycles. The number of anilines is 3. The van der Waals surface area contributed by atoms with Crippen molar-refractivity contribution in [2.45, 2.75) is 0 Å². The molecule has 12 rings (SSSR count). The Morgan fingerprint density at radius 1 is 0.290 bits per heavy atom. The van der Waals surface area contributed by atoms with Crippen LogP contribution in [0.3, 0.4) is 0 Å². The summed E-state index contributed by atoms with van der Waals surface area (Å²) in [5.74, 6) is 0. The smallest absolute Gasteiger partial charge is 0.0640 e. The lowest BCUT2D eigenvalue weighted by atomic mass is 9.95. The van der Waals surface area contributed by atoms with Crippen molar-refractivity contribution < 1.29 is 0 Å². The second-order valence-corrected chi connectivity index (χ2v) is 17.2. The summed E-state index contributed by atoms with van der Waals surface area (Å²) in [6.07, 6.45) is 0. The van der Waals surface area contributed by atoms with E-state index in [4.69, 9.17) is 0 Å².